The number of hydrogen-bond donors (Lipinski definition) is 1. The molecule has 0 aliphatic rings. The van der Waals surface area contributed by atoms with E-state index in [0.29, 0.717) is 12.3 Å². The molecule has 0 saturated carbocycles. The van der Waals surface area contributed by atoms with Crippen LogP contribution in [-0.2, 0) is 17.6 Å². The van der Waals surface area contributed by atoms with E-state index in [9.17, 15) is 4.79 Å². The maximum Gasteiger partial charge on any atom is 0.228 e. The SMILES string of the molecule is CC(C)Cc1ccc(CC(=O)Nc2ccncc2)cc1. The van der Waals surface area contributed by atoms with Crippen molar-refractivity contribution in [3.8, 4) is 0 Å². The summed E-state index contributed by atoms with van der Waals surface area (Å²) in [5.41, 5.74) is 3.13. The van der Waals surface area contributed by atoms with Crippen LogP contribution in [0.4, 0.5) is 5.69 Å². The first-order valence-electron chi connectivity index (χ1n) is 6.91. The number of amides is 1. The van der Waals surface area contributed by atoms with E-state index in [0.717, 1.165) is 17.7 Å². The van der Waals surface area contributed by atoms with Gasteiger partial charge in [0.25, 0.3) is 0 Å². The Bertz CT molecular complexity index is 547. The van der Waals surface area contributed by atoms with Gasteiger partial charge in [0, 0.05) is 18.1 Å². The maximum absolute atomic E-state index is 11.9. The highest BCUT2D eigenvalue weighted by Gasteiger charge is 2.04. The number of pyridine rings is 1. The lowest BCUT2D eigenvalue weighted by Crippen LogP contribution is -2.14. The van der Waals surface area contributed by atoms with Crippen molar-refractivity contribution in [1.29, 1.82) is 0 Å². The molecule has 3 heteroatoms. The van der Waals surface area contributed by atoms with Gasteiger partial charge in [-0.2, -0.15) is 0 Å². The highest BCUT2D eigenvalue weighted by Crippen LogP contribution is 2.11. The van der Waals surface area contributed by atoms with Gasteiger partial charge in [-0.05, 0) is 35.6 Å². The fourth-order valence-electron chi connectivity index (χ4n) is 2.09. The van der Waals surface area contributed by atoms with Gasteiger partial charge in [0.2, 0.25) is 5.91 Å². The number of aromatic nitrogens is 1. The molecular weight excluding hydrogens is 248 g/mol. The van der Waals surface area contributed by atoms with E-state index in [1.165, 1.54) is 5.56 Å². The quantitative estimate of drug-likeness (QED) is 0.902. The van der Waals surface area contributed by atoms with Crippen LogP contribution in [-0.4, -0.2) is 10.9 Å². The zero-order valence-corrected chi connectivity index (χ0v) is 12.0. The van der Waals surface area contributed by atoms with Crippen molar-refractivity contribution in [2.45, 2.75) is 26.7 Å². The first-order valence-corrected chi connectivity index (χ1v) is 6.91. The topological polar surface area (TPSA) is 42.0 Å². The Balaban J connectivity index is 1.91. The van der Waals surface area contributed by atoms with E-state index < -0.39 is 0 Å². The van der Waals surface area contributed by atoms with Crippen LogP contribution in [0.1, 0.15) is 25.0 Å². The third kappa shape index (κ3) is 4.50. The van der Waals surface area contributed by atoms with E-state index in [1.54, 1.807) is 24.5 Å². The molecule has 0 spiro atoms. The molecule has 0 aliphatic heterocycles. The highest BCUT2D eigenvalue weighted by molar-refractivity contribution is 5.92. The highest BCUT2D eigenvalue weighted by atomic mass is 16.1. The fraction of sp³-hybridized carbons (Fsp3) is 0.294. The number of nitrogens with zero attached hydrogens (tertiary/aromatic N) is 1. The van der Waals surface area contributed by atoms with Gasteiger partial charge in [0.1, 0.15) is 0 Å². The van der Waals surface area contributed by atoms with Crippen molar-refractivity contribution in [3.05, 3.63) is 59.9 Å². The average Bonchev–Trinajstić information content (AvgIpc) is 2.41. The molecule has 1 aromatic carbocycles. The van der Waals surface area contributed by atoms with Crippen LogP contribution in [0.2, 0.25) is 0 Å². The standard InChI is InChI=1S/C17H20N2O/c1-13(2)11-14-3-5-15(6-4-14)12-17(20)19-16-7-9-18-10-8-16/h3-10,13H,11-12H2,1-2H3,(H,18,19,20). The summed E-state index contributed by atoms with van der Waals surface area (Å²) in [6.07, 6.45) is 4.79. The van der Waals surface area contributed by atoms with Gasteiger partial charge >= 0.3 is 0 Å². The van der Waals surface area contributed by atoms with Crippen LogP contribution >= 0.6 is 0 Å². The van der Waals surface area contributed by atoms with E-state index in [1.807, 2.05) is 12.1 Å². The monoisotopic (exact) mass is 268 g/mol. The minimum atomic E-state index is -0.00666. The van der Waals surface area contributed by atoms with Crippen LogP contribution in [0.3, 0.4) is 0 Å². The van der Waals surface area contributed by atoms with Crippen LogP contribution < -0.4 is 5.32 Å². The van der Waals surface area contributed by atoms with Gasteiger partial charge in [-0.15, -0.1) is 0 Å². The zero-order chi connectivity index (χ0) is 14.4. The molecule has 0 unspecified atom stereocenters. The molecule has 2 rings (SSSR count). The van der Waals surface area contributed by atoms with Crippen molar-refractivity contribution in [2.75, 3.05) is 5.32 Å². The van der Waals surface area contributed by atoms with Crippen LogP contribution in [0.5, 0.6) is 0 Å². The second-order valence-electron chi connectivity index (χ2n) is 5.38. The molecule has 3 nitrogen and oxygen atoms in total. The van der Waals surface area contributed by atoms with Gasteiger partial charge < -0.3 is 5.32 Å². The third-order valence-electron chi connectivity index (χ3n) is 3.00. The van der Waals surface area contributed by atoms with Crippen molar-refractivity contribution in [2.24, 2.45) is 5.92 Å². The molecule has 1 amide bonds. The molecule has 0 bridgehead atoms. The number of anilines is 1. The largest absolute Gasteiger partial charge is 0.326 e. The number of benzene rings is 1. The Morgan fingerprint density at radius 2 is 1.65 bits per heavy atom. The molecule has 0 aliphatic carbocycles. The molecule has 0 atom stereocenters. The zero-order valence-electron chi connectivity index (χ0n) is 12.0. The first-order chi connectivity index (χ1) is 9.63. The van der Waals surface area contributed by atoms with Crippen LogP contribution in [0, 0.1) is 5.92 Å². The Labute approximate surface area is 120 Å². The van der Waals surface area contributed by atoms with E-state index in [2.05, 4.69) is 36.3 Å². The molecule has 0 fully saturated rings. The second-order valence-corrected chi connectivity index (χ2v) is 5.38. The van der Waals surface area contributed by atoms with Crippen molar-refractivity contribution in [3.63, 3.8) is 0 Å². The molecule has 0 radical (unpaired) electrons. The average molecular weight is 268 g/mol. The summed E-state index contributed by atoms with van der Waals surface area (Å²) in [6, 6.07) is 11.8. The van der Waals surface area contributed by atoms with Gasteiger partial charge in [-0.1, -0.05) is 38.1 Å². The normalized spacial score (nSPS) is 10.6. The molecule has 1 aromatic heterocycles. The lowest BCUT2D eigenvalue weighted by Gasteiger charge is -2.07. The lowest BCUT2D eigenvalue weighted by molar-refractivity contribution is -0.115. The summed E-state index contributed by atoms with van der Waals surface area (Å²) in [5.74, 6) is 0.642. The third-order valence-corrected chi connectivity index (χ3v) is 3.00. The number of hydrogen-bond acceptors (Lipinski definition) is 2. The van der Waals surface area contributed by atoms with Gasteiger partial charge in [-0.25, -0.2) is 0 Å². The summed E-state index contributed by atoms with van der Waals surface area (Å²) in [4.78, 5) is 15.8. The first kappa shape index (κ1) is 14.3. The Morgan fingerprint density at radius 3 is 2.25 bits per heavy atom. The second kappa shape index (κ2) is 6.85. The Morgan fingerprint density at radius 1 is 1.05 bits per heavy atom. The fourth-order valence-corrected chi connectivity index (χ4v) is 2.09. The van der Waals surface area contributed by atoms with Crippen LogP contribution in [0.25, 0.3) is 0 Å². The number of carbonyl (C=O) groups excluding carboxylic acids is 1. The number of nitrogens with one attached hydrogen (secondary N) is 1. The molecule has 1 N–H and O–H groups in total. The van der Waals surface area contributed by atoms with Crippen molar-refractivity contribution in [1.82, 2.24) is 4.98 Å². The van der Waals surface area contributed by atoms with Gasteiger partial charge in [0.15, 0.2) is 0 Å². The summed E-state index contributed by atoms with van der Waals surface area (Å²) >= 11 is 0. The van der Waals surface area contributed by atoms with E-state index >= 15 is 0 Å². The molecule has 0 saturated heterocycles. The minimum Gasteiger partial charge on any atom is -0.326 e. The summed E-state index contributed by atoms with van der Waals surface area (Å²) < 4.78 is 0. The van der Waals surface area contributed by atoms with Crippen LogP contribution in [0.15, 0.2) is 48.8 Å². The molecular formula is C17H20N2O. The predicted octanol–water partition coefficient (Wildman–Crippen LogP) is 3.46. The van der Waals surface area contributed by atoms with Crippen molar-refractivity contribution >= 4 is 11.6 Å². The summed E-state index contributed by atoms with van der Waals surface area (Å²) in [5, 5.41) is 2.86. The molecule has 20 heavy (non-hydrogen) atoms. The lowest BCUT2D eigenvalue weighted by atomic mass is 10.0. The minimum absolute atomic E-state index is 0.00666. The predicted molar refractivity (Wildman–Crippen MR) is 81.6 cm³/mol. The van der Waals surface area contributed by atoms with Crippen molar-refractivity contribution < 1.29 is 4.79 Å². The maximum atomic E-state index is 11.9. The smallest absolute Gasteiger partial charge is 0.228 e. The number of rotatable bonds is 5. The molecule has 2 aromatic rings. The summed E-state index contributed by atoms with van der Waals surface area (Å²) in [7, 11) is 0. The Hall–Kier alpha value is -2.16. The molecule has 1 heterocycles. The van der Waals surface area contributed by atoms with Gasteiger partial charge in [-0.3, -0.25) is 9.78 Å². The van der Waals surface area contributed by atoms with Gasteiger partial charge in [0.05, 0.1) is 6.42 Å². The van der Waals surface area contributed by atoms with E-state index in [-0.39, 0.29) is 5.91 Å². The van der Waals surface area contributed by atoms with E-state index in [4.69, 9.17) is 0 Å². The number of carbonyl (C=O) groups is 1. The molecule has 104 valence electrons. The summed E-state index contributed by atoms with van der Waals surface area (Å²) in [6.45, 7) is 4.41. The Kier molecular flexibility index (Phi) is 4.88.